The first-order chi connectivity index (χ1) is 14.6. The smallest absolute Gasteiger partial charge is 0.407 e. The Labute approximate surface area is 182 Å². The van der Waals surface area contributed by atoms with Crippen LogP contribution in [0.2, 0.25) is 0 Å². The number of hydrogen-bond acceptors (Lipinski definition) is 6. The minimum absolute atomic E-state index is 0.121. The van der Waals surface area contributed by atoms with Crippen molar-refractivity contribution in [2.75, 3.05) is 6.54 Å². The molecule has 2 aromatic rings. The van der Waals surface area contributed by atoms with Crippen LogP contribution in [0.5, 0.6) is 0 Å². The molecule has 0 aromatic carbocycles. The Morgan fingerprint density at radius 2 is 1.90 bits per heavy atom. The molecule has 1 aliphatic carbocycles. The van der Waals surface area contributed by atoms with Crippen LogP contribution in [0, 0.1) is 11.8 Å². The molecule has 9 nitrogen and oxygen atoms in total. The van der Waals surface area contributed by atoms with E-state index in [0.29, 0.717) is 29.5 Å². The van der Waals surface area contributed by atoms with E-state index in [1.807, 2.05) is 25.7 Å². The van der Waals surface area contributed by atoms with Crippen LogP contribution in [-0.2, 0) is 11.8 Å². The van der Waals surface area contributed by atoms with Gasteiger partial charge in [0.25, 0.3) is 5.91 Å². The van der Waals surface area contributed by atoms with Crippen LogP contribution in [0.4, 0.5) is 4.79 Å². The van der Waals surface area contributed by atoms with E-state index in [-0.39, 0.29) is 23.9 Å². The summed E-state index contributed by atoms with van der Waals surface area (Å²) in [5.74, 6) is 1.16. The van der Waals surface area contributed by atoms with E-state index in [4.69, 9.17) is 4.74 Å². The summed E-state index contributed by atoms with van der Waals surface area (Å²) in [5, 5.41) is 7.31. The molecule has 2 saturated heterocycles. The molecule has 0 spiro atoms. The topological polar surface area (TPSA) is 102 Å². The Kier molecular flexibility index (Phi) is 5.45. The highest BCUT2D eigenvalue weighted by molar-refractivity contribution is 5.98. The molecule has 31 heavy (non-hydrogen) atoms. The maximum absolute atomic E-state index is 13.7. The summed E-state index contributed by atoms with van der Waals surface area (Å²) in [6.45, 7) is 7.99. The van der Waals surface area contributed by atoms with E-state index in [1.165, 1.54) is 0 Å². The van der Waals surface area contributed by atoms with Gasteiger partial charge in [-0.2, -0.15) is 5.10 Å². The number of carbonyl (C=O) groups excluding carboxylic acids is 2. The Morgan fingerprint density at radius 3 is 2.55 bits per heavy atom. The summed E-state index contributed by atoms with van der Waals surface area (Å²) in [4.78, 5) is 36.5. The molecule has 2 bridgehead atoms. The number of hydrogen-bond donors (Lipinski definition) is 1. The number of fused-ring (bicyclic) bond motifs is 2. The second-order valence-corrected chi connectivity index (χ2v) is 9.54. The maximum atomic E-state index is 13.7. The lowest BCUT2D eigenvalue weighted by molar-refractivity contribution is -0.0546. The van der Waals surface area contributed by atoms with Crippen LogP contribution >= 0.6 is 0 Å². The zero-order valence-corrected chi connectivity index (χ0v) is 18.7. The van der Waals surface area contributed by atoms with Gasteiger partial charge < -0.3 is 15.0 Å². The van der Waals surface area contributed by atoms with E-state index in [2.05, 4.69) is 27.3 Å². The van der Waals surface area contributed by atoms with Crippen LogP contribution < -0.4 is 5.32 Å². The molecular formula is C22H30N6O3. The molecule has 1 N–H and O–H groups in total. The Morgan fingerprint density at radius 1 is 1.23 bits per heavy atom. The van der Waals surface area contributed by atoms with Gasteiger partial charge in [0, 0.05) is 38.2 Å². The van der Waals surface area contributed by atoms with Gasteiger partial charge in [0.05, 0.1) is 11.6 Å². The Balaban J connectivity index is 1.58. The lowest BCUT2D eigenvalue weighted by atomic mass is 9.64. The number of aryl methyl sites for hydroxylation is 1. The van der Waals surface area contributed by atoms with Gasteiger partial charge in [-0.1, -0.05) is 6.92 Å². The fourth-order valence-electron chi connectivity index (χ4n) is 4.60. The second-order valence-electron chi connectivity index (χ2n) is 9.54. The number of rotatable bonds is 4. The van der Waals surface area contributed by atoms with Crippen molar-refractivity contribution in [2.45, 2.75) is 58.2 Å². The summed E-state index contributed by atoms with van der Waals surface area (Å²) in [6, 6.07) is 1.77. The normalized spacial score (nSPS) is 25.0. The molecule has 1 saturated carbocycles. The van der Waals surface area contributed by atoms with Gasteiger partial charge >= 0.3 is 6.09 Å². The van der Waals surface area contributed by atoms with E-state index in [1.54, 1.807) is 36.4 Å². The first-order valence-corrected chi connectivity index (χ1v) is 10.7. The van der Waals surface area contributed by atoms with E-state index in [9.17, 15) is 9.59 Å². The van der Waals surface area contributed by atoms with Crippen molar-refractivity contribution in [3.63, 3.8) is 0 Å². The molecule has 3 aliphatic rings. The molecule has 3 fully saturated rings. The third-order valence-corrected chi connectivity index (χ3v) is 6.18. The Hall–Kier alpha value is -2.97. The van der Waals surface area contributed by atoms with Crippen LogP contribution in [0.25, 0.3) is 11.4 Å². The van der Waals surface area contributed by atoms with Gasteiger partial charge in [-0.3, -0.25) is 9.48 Å². The van der Waals surface area contributed by atoms with E-state index >= 15 is 0 Å². The van der Waals surface area contributed by atoms with Crippen molar-refractivity contribution < 1.29 is 14.3 Å². The standard InChI is InChI=1S/C22H30N6O3/c1-13-14-9-15(10-14)28(17(13)11-25-21(30)31-22(2,3)4)20(29)18-16(12-27(5)26-18)19-23-7-6-8-24-19/h6-8,12-15,17H,9-11H2,1-5H3,(H,25,30)/t13-,14?,15?,17-/m1/s1. The SMILES string of the molecule is C[C@@H]1C2CC(C2)N(C(=O)c2nn(C)cc2-c2ncccn2)[C@@H]1CNC(=O)OC(C)(C)C. The van der Waals surface area contributed by atoms with Crippen LogP contribution in [0.3, 0.4) is 0 Å². The molecule has 5 rings (SSSR count). The quantitative estimate of drug-likeness (QED) is 0.806. The average Bonchev–Trinajstić information content (AvgIpc) is 3.06. The zero-order chi connectivity index (χ0) is 22.3. The maximum Gasteiger partial charge on any atom is 0.407 e. The largest absolute Gasteiger partial charge is 0.444 e. The molecule has 2 atom stereocenters. The van der Waals surface area contributed by atoms with Gasteiger partial charge in [0.1, 0.15) is 5.60 Å². The van der Waals surface area contributed by atoms with Crippen LogP contribution in [0.1, 0.15) is 51.0 Å². The molecule has 0 unspecified atom stereocenters. The van der Waals surface area contributed by atoms with Gasteiger partial charge in [0.2, 0.25) is 0 Å². The predicted molar refractivity (Wildman–Crippen MR) is 114 cm³/mol. The number of piperidine rings is 2. The molecule has 4 heterocycles. The lowest BCUT2D eigenvalue weighted by Gasteiger charge is -2.57. The first kappa shape index (κ1) is 21.3. The molecule has 0 radical (unpaired) electrons. The third-order valence-electron chi connectivity index (χ3n) is 6.18. The fourth-order valence-corrected chi connectivity index (χ4v) is 4.60. The molecular weight excluding hydrogens is 396 g/mol. The van der Waals surface area contributed by atoms with Gasteiger partial charge in [-0.15, -0.1) is 0 Å². The van der Waals surface area contributed by atoms with Crippen LogP contribution in [-0.4, -0.2) is 60.9 Å². The zero-order valence-electron chi connectivity index (χ0n) is 18.7. The monoisotopic (exact) mass is 426 g/mol. The van der Waals surface area contributed by atoms with Crippen molar-refractivity contribution >= 4 is 12.0 Å². The molecule has 2 amide bonds. The third kappa shape index (κ3) is 4.26. The summed E-state index contributed by atoms with van der Waals surface area (Å²) < 4.78 is 6.99. The number of aromatic nitrogens is 4. The van der Waals surface area contributed by atoms with Gasteiger partial charge in [0.15, 0.2) is 11.5 Å². The predicted octanol–water partition coefficient (Wildman–Crippen LogP) is 2.64. The highest BCUT2D eigenvalue weighted by Gasteiger charge is 2.51. The minimum Gasteiger partial charge on any atom is -0.444 e. The van der Waals surface area contributed by atoms with Crippen molar-refractivity contribution in [3.8, 4) is 11.4 Å². The first-order valence-electron chi connectivity index (χ1n) is 10.7. The summed E-state index contributed by atoms with van der Waals surface area (Å²) >= 11 is 0. The number of nitrogens with zero attached hydrogens (tertiary/aromatic N) is 5. The van der Waals surface area contributed by atoms with E-state index < -0.39 is 11.7 Å². The molecule has 166 valence electrons. The molecule has 9 heteroatoms. The number of ether oxygens (including phenoxy) is 1. The number of carbonyl (C=O) groups is 2. The summed E-state index contributed by atoms with van der Waals surface area (Å²) in [7, 11) is 1.78. The minimum atomic E-state index is -0.571. The number of alkyl carbamates (subject to hydrolysis) is 1. The summed E-state index contributed by atoms with van der Waals surface area (Å²) in [5.41, 5.74) is 0.382. The summed E-state index contributed by atoms with van der Waals surface area (Å²) in [6.07, 6.45) is 6.57. The highest BCUT2D eigenvalue weighted by atomic mass is 16.6. The number of amides is 2. The van der Waals surface area contributed by atoms with Crippen molar-refractivity contribution in [1.29, 1.82) is 0 Å². The highest BCUT2D eigenvalue weighted by Crippen LogP contribution is 2.47. The van der Waals surface area contributed by atoms with Gasteiger partial charge in [-0.05, 0) is 51.5 Å². The number of nitrogens with one attached hydrogen (secondary N) is 1. The van der Waals surface area contributed by atoms with Crippen molar-refractivity contribution in [3.05, 3.63) is 30.4 Å². The lowest BCUT2D eigenvalue weighted by Crippen LogP contribution is -2.65. The van der Waals surface area contributed by atoms with Crippen molar-refractivity contribution in [2.24, 2.45) is 18.9 Å². The van der Waals surface area contributed by atoms with Crippen LogP contribution in [0.15, 0.2) is 24.7 Å². The Bertz CT molecular complexity index is 961. The fraction of sp³-hybridized carbons (Fsp3) is 0.591. The second kappa shape index (κ2) is 7.94. The van der Waals surface area contributed by atoms with Gasteiger partial charge in [-0.25, -0.2) is 14.8 Å². The van der Waals surface area contributed by atoms with Crippen molar-refractivity contribution in [1.82, 2.24) is 30.0 Å². The average molecular weight is 427 g/mol. The molecule has 2 aromatic heterocycles. The van der Waals surface area contributed by atoms with E-state index in [0.717, 1.165) is 12.8 Å². The molecule has 2 aliphatic heterocycles.